The Hall–Kier alpha value is -3.23. The normalized spacial score (nSPS) is 13.7. The van der Waals surface area contributed by atoms with E-state index in [0.29, 0.717) is 19.3 Å². The molecule has 0 saturated carbocycles. The maximum Gasteiger partial charge on any atom is 0.362 e. The number of hydrogen-bond acceptors (Lipinski definition) is 6. The van der Waals surface area contributed by atoms with Crippen molar-refractivity contribution in [3.63, 3.8) is 0 Å². The largest absolute Gasteiger partial charge is 0.477 e. The Labute approximate surface area is 336 Å². The van der Waals surface area contributed by atoms with Crippen LogP contribution in [0.3, 0.4) is 0 Å². The zero-order chi connectivity index (χ0) is 40.7. The lowest BCUT2D eigenvalue weighted by Gasteiger charge is -2.31. The SMILES string of the molecule is CC/C=C/C=C/C=C/C=C/CCCCCC(=O)OCC(COCCC(C(=O)O)[N+](C)(C)C)OC(=O)CCCCCCC/C=C/C=C/CCCCCCCCC. The number of rotatable bonds is 37. The molecule has 0 aliphatic heterocycles. The molecule has 0 spiro atoms. The lowest BCUT2D eigenvalue weighted by atomic mass is 10.1. The van der Waals surface area contributed by atoms with Crippen molar-refractivity contribution in [1.29, 1.82) is 0 Å². The molecule has 0 aliphatic carbocycles. The van der Waals surface area contributed by atoms with Crippen molar-refractivity contribution in [3.8, 4) is 0 Å². The van der Waals surface area contributed by atoms with E-state index in [9.17, 15) is 19.5 Å². The minimum absolute atomic E-state index is 0.0380. The predicted octanol–water partition coefficient (Wildman–Crippen LogP) is 11.6. The highest BCUT2D eigenvalue weighted by Crippen LogP contribution is 2.13. The second-order valence-electron chi connectivity index (χ2n) is 15.3. The third-order valence-electron chi connectivity index (χ3n) is 9.21. The van der Waals surface area contributed by atoms with Gasteiger partial charge in [0.15, 0.2) is 12.1 Å². The van der Waals surface area contributed by atoms with Crippen molar-refractivity contribution in [2.24, 2.45) is 0 Å². The Morgan fingerprint density at radius 1 is 0.564 bits per heavy atom. The Bertz CT molecular complexity index is 1130. The lowest BCUT2D eigenvalue weighted by Crippen LogP contribution is -2.50. The molecule has 0 rings (SSSR count). The summed E-state index contributed by atoms with van der Waals surface area (Å²) in [5.74, 6) is -1.55. The molecule has 0 aromatic rings. The first kappa shape index (κ1) is 51.8. The summed E-state index contributed by atoms with van der Waals surface area (Å²) in [5, 5.41) is 9.61. The summed E-state index contributed by atoms with van der Waals surface area (Å²) in [6, 6.07) is -0.627. The molecule has 1 N–H and O–H groups in total. The molecule has 0 heterocycles. The maximum absolute atomic E-state index is 12.7. The van der Waals surface area contributed by atoms with Gasteiger partial charge in [0.1, 0.15) is 6.61 Å². The number of quaternary nitrogens is 1. The Morgan fingerprint density at radius 2 is 1.02 bits per heavy atom. The summed E-state index contributed by atoms with van der Waals surface area (Å²) in [4.78, 5) is 36.9. The molecule has 314 valence electrons. The minimum atomic E-state index is -0.887. The van der Waals surface area contributed by atoms with Crippen LogP contribution in [0.2, 0.25) is 0 Å². The van der Waals surface area contributed by atoms with Crippen LogP contribution < -0.4 is 0 Å². The van der Waals surface area contributed by atoms with Crippen LogP contribution in [0, 0.1) is 0 Å². The third-order valence-corrected chi connectivity index (χ3v) is 9.21. The van der Waals surface area contributed by atoms with Crippen LogP contribution in [0.25, 0.3) is 0 Å². The molecule has 0 aliphatic rings. The molecule has 0 bridgehead atoms. The van der Waals surface area contributed by atoms with E-state index in [1.54, 1.807) is 0 Å². The fourth-order valence-corrected chi connectivity index (χ4v) is 5.86. The molecule has 8 heteroatoms. The van der Waals surface area contributed by atoms with E-state index < -0.39 is 18.1 Å². The van der Waals surface area contributed by atoms with Gasteiger partial charge in [0.25, 0.3) is 0 Å². The number of nitrogens with zero attached hydrogens (tertiary/aromatic N) is 1. The van der Waals surface area contributed by atoms with E-state index in [1.165, 1.54) is 44.9 Å². The Balaban J connectivity index is 4.45. The van der Waals surface area contributed by atoms with Crippen LogP contribution in [0.5, 0.6) is 0 Å². The number of carboxylic acid groups (broad SMARTS) is 1. The molecule has 0 radical (unpaired) electrons. The first-order valence-corrected chi connectivity index (χ1v) is 21.5. The van der Waals surface area contributed by atoms with Gasteiger partial charge in [-0.05, 0) is 57.8 Å². The smallest absolute Gasteiger partial charge is 0.362 e. The van der Waals surface area contributed by atoms with Gasteiger partial charge in [-0.2, -0.15) is 0 Å². The molecule has 8 nitrogen and oxygen atoms in total. The number of carbonyl (C=O) groups excluding carboxylic acids is 2. The zero-order valence-corrected chi connectivity index (χ0v) is 35.6. The molecule has 0 aromatic carbocycles. The molecule has 0 aromatic heterocycles. The topological polar surface area (TPSA) is 99.1 Å². The Kier molecular flexibility index (Phi) is 35.5. The van der Waals surface area contributed by atoms with Gasteiger partial charge in [0.05, 0.1) is 34.4 Å². The quantitative estimate of drug-likeness (QED) is 0.0291. The van der Waals surface area contributed by atoms with E-state index in [2.05, 4.69) is 50.3 Å². The van der Waals surface area contributed by atoms with Crippen LogP contribution in [0.1, 0.15) is 155 Å². The Morgan fingerprint density at radius 3 is 1.55 bits per heavy atom. The summed E-state index contributed by atoms with van der Waals surface area (Å²) in [5.41, 5.74) is 0. The van der Waals surface area contributed by atoms with Crippen molar-refractivity contribution in [2.75, 3.05) is 41.0 Å². The standard InChI is InChI=1S/C47H79NO7/c1-6-8-10-12-14-16-18-20-21-22-23-24-26-28-30-32-34-36-38-46(50)55-43(41-53-40-39-44(47(51)52)48(3,4)5)42-54-45(49)37-35-33-31-29-27-25-19-17-15-13-11-9-7-2/h9,11,13,15,17,19,21-25,27,43-44H,6-8,10,12,14,16,18,20,26,28-42H2,1-5H3/p+1/b11-9+,15-13+,19-17+,22-21+,24-23+,27-25+. The van der Waals surface area contributed by atoms with Gasteiger partial charge in [0, 0.05) is 19.3 Å². The lowest BCUT2D eigenvalue weighted by molar-refractivity contribution is -0.887. The zero-order valence-electron chi connectivity index (χ0n) is 35.6. The number of ether oxygens (including phenoxy) is 3. The highest BCUT2D eigenvalue weighted by molar-refractivity contribution is 5.72. The predicted molar refractivity (Wildman–Crippen MR) is 229 cm³/mol. The van der Waals surface area contributed by atoms with E-state index in [1.807, 2.05) is 57.6 Å². The highest BCUT2D eigenvalue weighted by atomic mass is 16.6. The summed E-state index contributed by atoms with van der Waals surface area (Å²) in [6.45, 7) is 4.51. The fourth-order valence-electron chi connectivity index (χ4n) is 5.86. The molecule has 2 unspecified atom stereocenters. The van der Waals surface area contributed by atoms with Gasteiger partial charge in [-0.3, -0.25) is 9.59 Å². The number of carbonyl (C=O) groups is 3. The first-order valence-electron chi connectivity index (χ1n) is 21.5. The second kappa shape index (κ2) is 37.7. The van der Waals surface area contributed by atoms with E-state index in [4.69, 9.17) is 14.2 Å². The van der Waals surface area contributed by atoms with Crippen molar-refractivity contribution >= 4 is 17.9 Å². The molecule has 0 saturated heterocycles. The molecule has 55 heavy (non-hydrogen) atoms. The van der Waals surface area contributed by atoms with E-state index in [0.717, 1.165) is 77.0 Å². The number of hydrogen-bond donors (Lipinski definition) is 1. The number of aliphatic carboxylic acids is 1. The van der Waals surface area contributed by atoms with Crippen LogP contribution in [0.15, 0.2) is 72.9 Å². The van der Waals surface area contributed by atoms with Gasteiger partial charge < -0.3 is 23.8 Å². The maximum atomic E-state index is 12.7. The molecular formula is C47H80NO7+. The molecule has 2 atom stereocenters. The van der Waals surface area contributed by atoms with Crippen molar-refractivity contribution in [1.82, 2.24) is 0 Å². The monoisotopic (exact) mass is 771 g/mol. The van der Waals surface area contributed by atoms with Gasteiger partial charge in [-0.1, -0.05) is 151 Å². The van der Waals surface area contributed by atoms with Crippen molar-refractivity contribution < 1.29 is 38.2 Å². The summed E-state index contributed by atoms with van der Waals surface area (Å²) < 4.78 is 17.2. The van der Waals surface area contributed by atoms with Gasteiger partial charge in [0.2, 0.25) is 0 Å². The second-order valence-corrected chi connectivity index (χ2v) is 15.3. The van der Waals surface area contributed by atoms with Gasteiger partial charge >= 0.3 is 17.9 Å². The fraction of sp³-hybridized carbons (Fsp3) is 0.681. The molecular weight excluding hydrogens is 691 g/mol. The average molecular weight is 771 g/mol. The van der Waals surface area contributed by atoms with Crippen LogP contribution in [-0.2, 0) is 28.6 Å². The number of esters is 2. The first-order chi connectivity index (χ1) is 26.6. The van der Waals surface area contributed by atoms with E-state index in [-0.39, 0.29) is 36.2 Å². The van der Waals surface area contributed by atoms with Gasteiger partial charge in [-0.25, -0.2) is 4.79 Å². The highest BCUT2D eigenvalue weighted by Gasteiger charge is 2.31. The summed E-state index contributed by atoms with van der Waals surface area (Å²) in [7, 11) is 5.50. The van der Waals surface area contributed by atoms with Crippen molar-refractivity contribution in [3.05, 3.63) is 72.9 Å². The number of carboxylic acids is 1. The average Bonchev–Trinajstić information content (AvgIpc) is 3.14. The van der Waals surface area contributed by atoms with Crippen LogP contribution in [-0.4, -0.2) is 80.6 Å². The number of likely N-dealkylation sites (N-methyl/N-ethyl adjacent to an activating group) is 1. The molecule has 0 fully saturated rings. The third kappa shape index (κ3) is 36.2. The van der Waals surface area contributed by atoms with Crippen LogP contribution in [0.4, 0.5) is 0 Å². The summed E-state index contributed by atoms with van der Waals surface area (Å²) >= 11 is 0. The number of allylic oxidation sites excluding steroid dienone is 12. The van der Waals surface area contributed by atoms with Crippen molar-refractivity contribution in [2.45, 2.75) is 167 Å². The minimum Gasteiger partial charge on any atom is -0.477 e. The number of unbranched alkanes of at least 4 members (excludes halogenated alkanes) is 15. The van der Waals surface area contributed by atoms with E-state index >= 15 is 0 Å². The molecule has 0 amide bonds. The summed E-state index contributed by atoms with van der Waals surface area (Å²) in [6.07, 6.45) is 46.6. The van der Waals surface area contributed by atoms with Crippen LogP contribution >= 0.6 is 0 Å². The van der Waals surface area contributed by atoms with Gasteiger partial charge in [-0.15, -0.1) is 0 Å².